The third-order valence-electron chi connectivity index (χ3n) is 6.52. The van der Waals surface area contributed by atoms with Gasteiger partial charge in [-0.15, -0.1) is 10.2 Å². The van der Waals surface area contributed by atoms with Crippen LogP contribution in [0.25, 0.3) is 11.4 Å². The summed E-state index contributed by atoms with van der Waals surface area (Å²) in [5, 5.41) is 29.3. The summed E-state index contributed by atoms with van der Waals surface area (Å²) in [5.74, 6) is -4.04. The Balaban J connectivity index is 1.60. The van der Waals surface area contributed by atoms with Crippen molar-refractivity contribution in [1.82, 2.24) is 36.2 Å². The van der Waals surface area contributed by atoms with Gasteiger partial charge in [0.15, 0.2) is 5.78 Å². The van der Waals surface area contributed by atoms with E-state index >= 15 is 0 Å². The number of ketones is 1. The van der Waals surface area contributed by atoms with Gasteiger partial charge in [-0.3, -0.25) is 24.0 Å². The quantitative estimate of drug-likeness (QED) is 0.193. The van der Waals surface area contributed by atoms with Crippen molar-refractivity contribution in [2.75, 3.05) is 0 Å². The fourth-order valence-electron chi connectivity index (χ4n) is 4.14. The van der Waals surface area contributed by atoms with Crippen molar-refractivity contribution >= 4 is 52.7 Å². The van der Waals surface area contributed by atoms with Gasteiger partial charge in [-0.2, -0.15) is 4.80 Å². The maximum Gasteiger partial charge on any atom is 0.305 e. The molecule has 0 saturated heterocycles. The molecule has 0 fully saturated rings. The highest BCUT2D eigenvalue weighted by Crippen LogP contribution is 2.31. The number of carbonyl (C=O) groups excluding carboxylic acids is 4. The van der Waals surface area contributed by atoms with Gasteiger partial charge in [-0.25, -0.2) is 0 Å². The zero-order valence-corrected chi connectivity index (χ0v) is 25.8. The molecular weight excluding hydrogens is 613 g/mol. The number of Topliss-reactive ketones (excluding diaryl/α,β-unsaturated/α-hetero) is 1. The molecule has 0 aliphatic heterocycles. The van der Waals surface area contributed by atoms with Crippen LogP contribution in [0.3, 0.4) is 0 Å². The number of carboxylic acid groups (broad SMARTS) is 1. The third-order valence-corrected chi connectivity index (χ3v) is 7.15. The van der Waals surface area contributed by atoms with Crippen LogP contribution >= 0.6 is 23.2 Å². The van der Waals surface area contributed by atoms with Gasteiger partial charge in [0.2, 0.25) is 23.5 Å². The second-order valence-corrected chi connectivity index (χ2v) is 11.2. The van der Waals surface area contributed by atoms with Crippen LogP contribution < -0.4 is 16.0 Å². The fourth-order valence-corrected chi connectivity index (χ4v) is 4.71. The Morgan fingerprint density at radius 1 is 0.886 bits per heavy atom. The van der Waals surface area contributed by atoms with E-state index in [0.29, 0.717) is 12.0 Å². The van der Waals surface area contributed by atoms with Crippen molar-refractivity contribution in [3.8, 4) is 11.4 Å². The van der Waals surface area contributed by atoms with Crippen LogP contribution in [0.15, 0.2) is 48.5 Å². The molecule has 44 heavy (non-hydrogen) atoms. The van der Waals surface area contributed by atoms with Crippen LogP contribution in [0, 0.1) is 5.92 Å². The standard InChI is InChI=1S/C29H33Cl2N7O6/c1-16(2)26(34-23(40)13-12-18-8-5-4-6-9-18)29(44)32-17(3)28(43)33-21(14-24(41)42)22(39)15-38-36-27(35-37-38)25-19(30)10-7-11-20(25)31/h4-11,16-17,21,26H,12-15H2,1-3H3,(H,32,44)(H,33,43)(H,34,40)(H,41,42)/t17-,21?,26-/m0/s1. The molecule has 13 nitrogen and oxygen atoms in total. The van der Waals surface area contributed by atoms with E-state index in [0.717, 1.165) is 10.4 Å². The number of rotatable bonds is 15. The van der Waals surface area contributed by atoms with Crippen LogP contribution in [0.1, 0.15) is 39.2 Å². The molecule has 3 aromatic rings. The number of hydrogen-bond acceptors (Lipinski definition) is 8. The molecule has 4 N–H and O–H groups in total. The lowest BCUT2D eigenvalue weighted by atomic mass is 10.0. The van der Waals surface area contributed by atoms with Crippen LogP contribution in [0.5, 0.6) is 0 Å². The topological polar surface area (TPSA) is 185 Å². The summed E-state index contributed by atoms with van der Waals surface area (Å²) in [6.07, 6.45) is -0.0611. The maximum absolute atomic E-state index is 13.0. The second-order valence-electron chi connectivity index (χ2n) is 10.4. The fraction of sp³-hybridized carbons (Fsp3) is 0.379. The first-order valence-electron chi connectivity index (χ1n) is 13.8. The number of nitrogens with zero attached hydrogens (tertiary/aromatic N) is 4. The molecule has 3 amide bonds. The Bertz CT molecular complexity index is 1480. The molecule has 15 heteroatoms. The lowest BCUT2D eigenvalue weighted by molar-refractivity contribution is -0.140. The SMILES string of the molecule is CC(C)[C@H](NC(=O)CCc1ccccc1)C(=O)N[C@@H](C)C(=O)NC(CC(=O)O)C(=O)Cn1nnc(-c2c(Cl)cccc2Cl)n1. The summed E-state index contributed by atoms with van der Waals surface area (Å²) in [7, 11) is 0. The van der Waals surface area contributed by atoms with Gasteiger partial charge in [-0.05, 0) is 42.2 Å². The summed E-state index contributed by atoms with van der Waals surface area (Å²) in [6.45, 7) is 4.36. The van der Waals surface area contributed by atoms with Crippen molar-refractivity contribution < 1.29 is 29.1 Å². The predicted molar refractivity (Wildman–Crippen MR) is 162 cm³/mol. The minimum absolute atomic E-state index is 0.0513. The maximum atomic E-state index is 13.0. The molecule has 0 aliphatic rings. The summed E-state index contributed by atoms with van der Waals surface area (Å²) in [5.41, 5.74) is 1.29. The number of nitrogens with one attached hydrogen (secondary N) is 3. The highest BCUT2D eigenvalue weighted by molar-refractivity contribution is 6.38. The lowest BCUT2D eigenvalue weighted by Crippen LogP contribution is -2.56. The Morgan fingerprint density at radius 3 is 2.16 bits per heavy atom. The average molecular weight is 647 g/mol. The van der Waals surface area contributed by atoms with Gasteiger partial charge in [0.1, 0.15) is 24.7 Å². The number of amides is 3. The molecule has 1 unspecified atom stereocenters. The monoisotopic (exact) mass is 645 g/mol. The molecule has 0 spiro atoms. The largest absolute Gasteiger partial charge is 0.481 e. The second kappa shape index (κ2) is 15.9. The van der Waals surface area contributed by atoms with E-state index in [1.54, 1.807) is 32.0 Å². The van der Waals surface area contributed by atoms with Gasteiger partial charge >= 0.3 is 5.97 Å². The van der Waals surface area contributed by atoms with E-state index in [4.69, 9.17) is 23.2 Å². The molecular formula is C29H33Cl2N7O6. The van der Waals surface area contributed by atoms with Gasteiger partial charge in [0, 0.05) is 6.42 Å². The highest BCUT2D eigenvalue weighted by atomic mass is 35.5. The summed E-state index contributed by atoms with van der Waals surface area (Å²) >= 11 is 12.4. The first-order chi connectivity index (χ1) is 20.8. The number of tetrazole rings is 1. The lowest BCUT2D eigenvalue weighted by Gasteiger charge is -2.25. The van der Waals surface area contributed by atoms with Crippen molar-refractivity contribution in [1.29, 1.82) is 0 Å². The van der Waals surface area contributed by atoms with E-state index in [2.05, 4.69) is 31.4 Å². The molecule has 0 aliphatic carbocycles. The van der Waals surface area contributed by atoms with Crippen molar-refractivity contribution in [2.45, 2.75) is 64.7 Å². The third kappa shape index (κ3) is 9.85. The predicted octanol–water partition coefficient (Wildman–Crippen LogP) is 2.45. The molecule has 0 saturated carbocycles. The van der Waals surface area contributed by atoms with Crippen LogP contribution in [-0.4, -0.2) is 72.9 Å². The number of aromatic nitrogens is 4. The van der Waals surface area contributed by atoms with Crippen LogP contribution in [0.4, 0.5) is 0 Å². The van der Waals surface area contributed by atoms with Gasteiger partial charge in [0.25, 0.3) is 0 Å². The number of aliphatic carboxylic acids is 1. The Kier molecular flexibility index (Phi) is 12.4. The van der Waals surface area contributed by atoms with Gasteiger partial charge in [-0.1, -0.05) is 73.4 Å². The van der Waals surface area contributed by atoms with Crippen molar-refractivity contribution in [3.63, 3.8) is 0 Å². The van der Waals surface area contributed by atoms with Crippen LogP contribution in [0.2, 0.25) is 10.0 Å². The van der Waals surface area contributed by atoms with E-state index < -0.39 is 54.7 Å². The van der Waals surface area contributed by atoms with Crippen LogP contribution in [-0.2, 0) is 36.9 Å². The zero-order chi connectivity index (χ0) is 32.4. The van der Waals surface area contributed by atoms with E-state index in [1.807, 2.05) is 30.3 Å². The highest BCUT2D eigenvalue weighted by Gasteiger charge is 2.30. The van der Waals surface area contributed by atoms with Gasteiger partial charge < -0.3 is 21.1 Å². The van der Waals surface area contributed by atoms with Crippen molar-refractivity contribution in [3.05, 3.63) is 64.1 Å². The molecule has 234 valence electrons. The normalized spacial score (nSPS) is 13.0. The molecule has 0 bridgehead atoms. The number of aryl methyl sites for hydroxylation is 1. The molecule has 3 rings (SSSR count). The Labute approximate surface area is 263 Å². The first-order valence-corrected chi connectivity index (χ1v) is 14.5. The summed E-state index contributed by atoms with van der Waals surface area (Å²) in [4.78, 5) is 63.9. The molecule has 1 aromatic heterocycles. The number of benzene rings is 2. The van der Waals surface area contributed by atoms with Crippen molar-refractivity contribution in [2.24, 2.45) is 5.92 Å². The zero-order valence-electron chi connectivity index (χ0n) is 24.3. The smallest absolute Gasteiger partial charge is 0.305 e. The molecule has 0 radical (unpaired) electrons. The summed E-state index contributed by atoms with van der Waals surface area (Å²) < 4.78 is 0. The first kappa shape index (κ1) is 34.1. The average Bonchev–Trinajstić information content (AvgIpc) is 3.41. The van der Waals surface area contributed by atoms with Gasteiger partial charge in [0.05, 0.1) is 22.0 Å². The number of halogens is 2. The minimum atomic E-state index is -1.46. The van der Waals surface area contributed by atoms with E-state index in [1.165, 1.54) is 6.92 Å². The molecule has 3 atom stereocenters. The van der Waals surface area contributed by atoms with E-state index in [9.17, 15) is 29.1 Å². The summed E-state index contributed by atoms with van der Waals surface area (Å²) in [6, 6.07) is 10.7. The number of carbonyl (C=O) groups is 5. The minimum Gasteiger partial charge on any atom is -0.481 e. The van der Waals surface area contributed by atoms with E-state index in [-0.39, 0.29) is 34.1 Å². The molecule has 1 heterocycles. The Morgan fingerprint density at radius 2 is 1.55 bits per heavy atom. The number of carboxylic acids is 1. The Hall–Kier alpha value is -4.36. The molecule has 2 aromatic carbocycles. The number of hydrogen-bond donors (Lipinski definition) is 4.